The fourth-order valence-electron chi connectivity index (χ4n) is 3.03. The smallest absolute Gasteiger partial charge is 0.243 e. The number of ether oxygens (including phenoxy) is 2. The Morgan fingerprint density at radius 1 is 1.00 bits per heavy atom. The molecule has 2 rings (SSSR count). The number of rotatable bonds is 12. The standard InChI is InChI=1S/C20H31N3O6S/c1-28-16-17-29-15-5-10-21-19(24)8-9-20(25)22-11-13-23(14-12-22)30(26,27)18-6-3-2-4-7-18/h2-4,6-7H,5,8-17H2,1H3,(H,21,24). The largest absolute Gasteiger partial charge is 0.382 e. The average Bonchev–Trinajstić information content (AvgIpc) is 2.77. The van der Waals surface area contributed by atoms with Crippen LogP contribution < -0.4 is 5.32 Å². The summed E-state index contributed by atoms with van der Waals surface area (Å²) in [6.45, 7) is 3.25. The van der Waals surface area contributed by atoms with Crippen molar-refractivity contribution in [1.29, 1.82) is 0 Å². The maximum Gasteiger partial charge on any atom is 0.243 e. The summed E-state index contributed by atoms with van der Waals surface area (Å²) in [4.78, 5) is 26.1. The number of hydrogen-bond acceptors (Lipinski definition) is 6. The Morgan fingerprint density at radius 3 is 2.37 bits per heavy atom. The van der Waals surface area contributed by atoms with Gasteiger partial charge in [-0.15, -0.1) is 0 Å². The molecule has 1 N–H and O–H groups in total. The topological polar surface area (TPSA) is 105 Å². The number of piperazine rings is 1. The molecule has 0 saturated carbocycles. The number of carbonyl (C=O) groups is 2. The van der Waals surface area contributed by atoms with Crippen LogP contribution in [0.3, 0.4) is 0 Å². The van der Waals surface area contributed by atoms with Gasteiger partial charge in [0, 0.05) is 59.3 Å². The zero-order chi connectivity index (χ0) is 21.8. The molecule has 0 unspecified atom stereocenters. The Bertz CT molecular complexity index is 764. The van der Waals surface area contributed by atoms with Gasteiger partial charge in [0.05, 0.1) is 18.1 Å². The molecule has 2 amide bonds. The van der Waals surface area contributed by atoms with E-state index in [-0.39, 0.29) is 42.6 Å². The number of amides is 2. The van der Waals surface area contributed by atoms with Crippen molar-refractivity contribution in [3.63, 3.8) is 0 Å². The number of benzene rings is 1. The van der Waals surface area contributed by atoms with Crippen molar-refractivity contribution in [3.05, 3.63) is 30.3 Å². The first kappa shape index (κ1) is 24.3. The van der Waals surface area contributed by atoms with Gasteiger partial charge in [0.15, 0.2) is 0 Å². The van der Waals surface area contributed by atoms with Crippen LogP contribution >= 0.6 is 0 Å². The van der Waals surface area contributed by atoms with Crippen LogP contribution in [0.2, 0.25) is 0 Å². The van der Waals surface area contributed by atoms with Crippen LogP contribution in [0.4, 0.5) is 0 Å². The first-order valence-electron chi connectivity index (χ1n) is 10.1. The van der Waals surface area contributed by atoms with Crippen LogP contribution in [-0.2, 0) is 29.1 Å². The Morgan fingerprint density at radius 2 is 1.70 bits per heavy atom. The van der Waals surface area contributed by atoms with Crippen LogP contribution in [0, 0.1) is 0 Å². The van der Waals surface area contributed by atoms with E-state index in [4.69, 9.17) is 9.47 Å². The van der Waals surface area contributed by atoms with Crippen LogP contribution in [0.5, 0.6) is 0 Å². The lowest BCUT2D eigenvalue weighted by molar-refractivity contribution is -0.134. The SMILES string of the molecule is COCCOCCCNC(=O)CCC(=O)N1CCN(S(=O)(=O)c2ccccc2)CC1. The summed E-state index contributed by atoms with van der Waals surface area (Å²) >= 11 is 0. The van der Waals surface area contributed by atoms with Crippen molar-refractivity contribution in [2.75, 3.05) is 59.7 Å². The predicted octanol–water partition coefficient (Wildman–Crippen LogP) is 0.469. The minimum Gasteiger partial charge on any atom is -0.382 e. The fraction of sp³-hybridized carbons (Fsp3) is 0.600. The van der Waals surface area contributed by atoms with Crippen LogP contribution in [0.25, 0.3) is 0 Å². The second-order valence-electron chi connectivity index (χ2n) is 6.91. The van der Waals surface area contributed by atoms with E-state index in [9.17, 15) is 18.0 Å². The molecule has 1 aliphatic heterocycles. The lowest BCUT2D eigenvalue weighted by Gasteiger charge is -2.34. The highest BCUT2D eigenvalue weighted by Gasteiger charge is 2.29. The molecule has 1 heterocycles. The monoisotopic (exact) mass is 441 g/mol. The highest BCUT2D eigenvalue weighted by Crippen LogP contribution is 2.17. The van der Waals surface area contributed by atoms with Gasteiger partial charge in [-0.2, -0.15) is 4.31 Å². The maximum atomic E-state index is 12.6. The average molecular weight is 442 g/mol. The lowest BCUT2D eigenvalue weighted by atomic mass is 10.2. The number of nitrogens with zero attached hydrogens (tertiary/aromatic N) is 2. The highest BCUT2D eigenvalue weighted by atomic mass is 32.2. The fourth-order valence-corrected chi connectivity index (χ4v) is 4.48. The van der Waals surface area contributed by atoms with Gasteiger partial charge in [-0.05, 0) is 18.6 Å². The summed E-state index contributed by atoms with van der Waals surface area (Å²) in [5.74, 6) is -0.310. The molecule has 30 heavy (non-hydrogen) atoms. The minimum atomic E-state index is -3.54. The summed E-state index contributed by atoms with van der Waals surface area (Å²) in [5, 5.41) is 2.77. The van der Waals surface area contributed by atoms with E-state index < -0.39 is 10.0 Å². The number of hydrogen-bond donors (Lipinski definition) is 1. The van der Waals surface area contributed by atoms with Gasteiger partial charge < -0.3 is 19.7 Å². The van der Waals surface area contributed by atoms with Crippen molar-refractivity contribution in [1.82, 2.24) is 14.5 Å². The highest BCUT2D eigenvalue weighted by molar-refractivity contribution is 7.89. The summed E-state index contributed by atoms with van der Waals surface area (Å²) in [6.07, 6.45) is 0.925. The van der Waals surface area contributed by atoms with E-state index in [0.717, 1.165) is 0 Å². The Balaban J connectivity index is 1.64. The molecule has 0 radical (unpaired) electrons. The normalized spacial score (nSPS) is 15.2. The van der Waals surface area contributed by atoms with E-state index in [1.807, 2.05) is 0 Å². The number of sulfonamides is 1. The van der Waals surface area contributed by atoms with Crippen molar-refractivity contribution < 1.29 is 27.5 Å². The van der Waals surface area contributed by atoms with Crippen LogP contribution in [0.1, 0.15) is 19.3 Å². The van der Waals surface area contributed by atoms with Gasteiger partial charge in [-0.1, -0.05) is 18.2 Å². The van der Waals surface area contributed by atoms with Crippen molar-refractivity contribution in [2.24, 2.45) is 0 Å². The first-order chi connectivity index (χ1) is 14.4. The van der Waals surface area contributed by atoms with Crippen molar-refractivity contribution in [3.8, 4) is 0 Å². The van der Waals surface area contributed by atoms with E-state index in [1.165, 1.54) is 4.31 Å². The predicted molar refractivity (Wildman–Crippen MR) is 111 cm³/mol. The molecule has 10 heteroatoms. The molecule has 168 valence electrons. The molecule has 9 nitrogen and oxygen atoms in total. The molecule has 0 bridgehead atoms. The van der Waals surface area contributed by atoms with Gasteiger partial charge >= 0.3 is 0 Å². The molecular weight excluding hydrogens is 410 g/mol. The summed E-state index contributed by atoms with van der Waals surface area (Å²) in [6, 6.07) is 8.27. The summed E-state index contributed by atoms with van der Waals surface area (Å²) in [5.41, 5.74) is 0. The summed E-state index contributed by atoms with van der Waals surface area (Å²) < 4.78 is 36.8. The van der Waals surface area contributed by atoms with Crippen LogP contribution in [-0.4, -0.2) is 89.1 Å². The molecular formula is C20H31N3O6S. The number of nitrogens with one attached hydrogen (secondary N) is 1. The van der Waals surface area contributed by atoms with Gasteiger partial charge in [0.25, 0.3) is 0 Å². The third-order valence-corrected chi connectivity index (χ3v) is 6.67. The lowest BCUT2D eigenvalue weighted by Crippen LogP contribution is -2.50. The van der Waals surface area contributed by atoms with E-state index in [1.54, 1.807) is 42.3 Å². The van der Waals surface area contributed by atoms with E-state index >= 15 is 0 Å². The zero-order valence-electron chi connectivity index (χ0n) is 17.4. The molecule has 0 atom stereocenters. The molecule has 0 aromatic heterocycles. The molecule has 0 aliphatic carbocycles. The quantitative estimate of drug-likeness (QED) is 0.473. The zero-order valence-corrected chi connectivity index (χ0v) is 18.2. The van der Waals surface area contributed by atoms with Gasteiger partial charge in [0.2, 0.25) is 21.8 Å². The van der Waals surface area contributed by atoms with E-state index in [2.05, 4.69) is 5.32 Å². The first-order valence-corrected chi connectivity index (χ1v) is 11.6. The maximum absolute atomic E-state index is 12.6. The third-order valence-electron chi connectivity index (χ3n) is 4.76. The Hall–Kier alpha value is -2.01. The Labute approximate surface area is 178 Å². The third kappa shape index (κ3) is 7.67. The van der Waals surface area contributed by atoms with Gasteiger partial charge in [0.1, 0.15) is 0 Å². The molecule has 1 fully saturated rings. The molecule has 0 spiro atoms. The molecule has 1 saturated heterocycles. The van der Waals surface area contributed by atoms with Gasteiger partial charge in [-0.3, -0.25) is 9.59 Å². The van der Waals surface area contributed by atoms with E-state index in [0.29, 0.717) is 45.9 Å². The van der Waals surface area contributed by atoms with Crippen LogP contribution in [0.15, 0.2) is 35.2 Å². The van der Waals surface area contributed by atoms with Crippen molar-refractivity contribution >= 4 is 21.8 Å². The molecule has 1 aromatic carbocycles. The number of carbonyl (C=O) groups excluding carboxylic acids is 2. The second-order valence-corrected chi connectivity index (χ2v) is 8.84. The minimum absolute atomic E-state index is 0.113. The molecule has 1 aromatic rings. The van der Waals surface area contributed by atoms with Crippen molar-refractivity contribution in [2.45, 2.75) is 24.2 Å². The second kappa shape index (κ2) is 12.6. The van der Waals surface area contributed by atoms with Gasteiger partial charge in [-0.25, -0.2) is 8.42 Å². The summed E-state index contributed by atoms with van der Waals surface area (Å²) in [7, 11) is -1.93. The molecule has 1 aliphatic rings. The Kier molecular flexibility index (Phi) is 10.2. The number of methoxy groups -OCH3 is 1.